The number of halogens is 1. The highest BCUT2D eigenvalue weighted by Crippen LogP contribution is 2.23. The molecule has 0 unspecified atom stereocenters. The van der Waals surface area contributed by atoms with Gasteiger partial charge in [0.2, 0.25) is 0 Å². The Hall–Kier alpha value is -2.45. The molecule has 1 heterocycles. The van der Waals surface area contributed by atoms with Crippen LogP contribution in [0.5, 0.6) is 0 Å². The Labute approximate surface area is 117 Å². The number of nitro benzene ring substituents is 1. The van der Waals surface area contributed by atoms with Gasteiger partial charge in [0.15, 0.2) is 0 Å². The third-order valence-electron chi connectivity index (χ3n) is 2.30. The van der Waals surface area contributed by atoms with Crippen molar-refractivity contribution in [3.8, 4) is 0 Å². The van der Waals surface area contributed by atoms with Gasteiger partial charge in [-0.1, -0.05) is 11.6 Å². The number of nitro groups is 1. The number of carbonyl (C=O) groups is 1. The molecule has 0 saturated carbocycles. The van der Waals surface area contributed by atoms with E-state index in [1.807, 2.05) is 0 Å². The molecule has 0 N–H and O–H groups in total. The average Bonchev–Trinajstić information content (AvgIpc) is 2.94. The first kappa shape index (κ1) is 14.0. The first-order chi connectivity index (χ1) is 9.58. The second-order valence-electron chi connectivity index (χ2n) is 3.61. The molecule has 2 aromatic rings. The molecule has 9 heteroatoms. The van der Waals surface area contributed by atoms with E-state index in [4.69, 9.17) is 16.5 Å². The molecular formula is C11H8ClN3O5. The molecule has 1 aromatic carbocycles. The van der Waals surface area contributed by atoms with E-state index in [2.05, 4.69) is 9.87 Å². The summed E-state index contributed by atoms with van der Waals surface area (Å²) < 4.78 is 1.05. The Kier molecular flexibility index (Phi) is 4.28. The van der Waals surface area contributed by atoms with Crippen LogP contribution in [0.2, 0.25) is 5.02 Å². The van der Waals surface area contributed by atoms with Gasteiger partial charge in [0, 0.05) is 23.5 Å². The fourth-order valence-electron chi connectivity index (χ4n) is 1.38. The van der Waals surface area contributed by atoms with E-state index in [1.54, 1.807) is 0 Å². The van der Waals surface area contributed by atoms with Crippen LogP contribution in [0.1, 0.15) is 5.56 Å². The van der Waals surface area contributed by atoms with Gasteiger partial charge >= 0.3 is 6.09 Å². The number of benzene rings is 1. The van der Waals surface area contributed by atoms with E-state index in [9.17, 15) is 14.9 Å². The van der Waals surface area contributed by atoms with Crippen LogP contribution in [0.3, 0.4) is 0 Å². The average molecular weight is 298 g/mol. The van der Waals surface area contributed by atoms with Crippen molar-refractivity contribution >= 4 is 23.4 Å². The van der Waals surface area contributed by atoms with Crippen LogP contribution < -0.4 is 0 Å². The lowest BCUT2D eigenvalue weighted by atomic mass is 10.2. The second-order valence-corrected chi connectivity index (χ2v) is 4.05. The van der Waals surface area contributed by atoms with E-state index >= 15 is 0 Å². The van der Waals surface area contributed by atoms with Gasteiger partial charge in [0.1, 0.15) is 12.9 Å². The highest BCUT2D eigenvalue weighted by atomic mass is 35.5. The number of hydrogen-bond acceptors (Lipinski definition) is 6. The lowest BCUT2D eigenvalue weighted by Crippen LogP contribution is -2.12. The van der Waals surface area contributed by atoms with E-state index < -0.39 is 11.0 Å². The highest BCUT2D eigenvalue weighted by molar-refractivity contribution is 6.30. The van der Waals surface area contributed by atoms with Crippen molar-refractivity contribution in [2.75, 3.05) is 0 Å². The van der Waals surface area contributed by atoms with Crippen molar-refractivity contribution in [1.29, 1.82) is 0 Å². The molecule has 1 aromatic heterocycles. The second kappa shape index (κ2) is 6.13. The zero-order valence-corrected chi connectivity index (χ0v) is 10.7. The summed E-state index contributed by atoms with van der Waals surface area (Å²) in [5.41, 5.74) is 0.0222. The molecule has 2 rings (SSSR count). The monoisotopic (exact) mass is 297 g/mol. The van der Waals surface area contributed by atoms with Crippen molar-refractivity contribution in [2.45, 2.75) is 6.61 Å². The minimum Gasteiger partial charge on any atom is -0.274 e. The van der Waals surface area contributed by atoms with Gasteiger partial charge < -0.3 is 0 Å². The topological polar surface area (TPSA) is 96.5 Å². The summed E-state index contributed by atoms with van der Waals surface area (Å²) in [6, 6.07) is 4.09. The van der Waals surface area contributed by atoms with E-state index in [-0.39, 0.29) is 22.9 Å². The third kappa shape index (κ3) is 3.31. The largest absolute Gasteiger partial charge is 0.450 e. The first-order valence-electron chi connectivity index (χ1n) is 5.32. The van der Waals surface area contributed by atoms with Gasteiger partial charge in [-0.3, -0.25) is 15.0 Å². The molecule has 0 radical (unpaired) electrons. The number of carbonyl (C=O) groups excluding carboxylic acids is 1. The maximum atomic E-state index is 11.4. The van der Waals surface area contributed by atoms with Crippen molar-refractivity contribution in [3.05, 3.63) is 57.6 Å². The van der Waals surface area contributed by atoms with Crippen molar-refractivity contribution < 1.29 is 19.5 Å². The predicted octanol–water partition coefficient (Wildman–Crippen LogP) is 2.56. The van der Waals surface area contributed by atoms with Crippen LogP contribution in [-0.2, 0) is 16.4 Å². The van der Waals surface area contributed by atoms with Crippen LogP contribution in [0.15, 0.2) is 36.9 Å². The van der Waals surface area contributed by atoms with Crippen LogP contribution >= 0.6 is 11.6 Å². The fraction of sp³-hybridized carbons (Fsp3) is 0.0909. The number of rotatable bonds is 4. The molecule has 0 aliphatic carbocycles. The van der Waals surface area contributed by atoms with Crippen LogP contribution in [0.4, 0.5) is 10.5 Å². The Morgan fingerprint density at radius 2 is 2.30 bits per heavy atom. The smallest absolute Gasteiger partial charge is 0.274 e. The van der Waals surface area contributed by atoms with E-state index in [1.165, 1.54) is 36.9 Å². The maximum Gasteiger partial charge on any atom is 0.450 e. The van der Waals surface area contributed by atoms with E-state index in [0.717, 1.165) is 4.57 Å². The summed E-state index contributed by atoms with van der Waals surface area (Å²) in [6.07, 6.45) is 3.19. The molecule has 8 nitrogen and oxygen atoms in total. The molecule has 0 aliphatic rings. The third-order valence-corrected chi connectivity index (χ3v) is 2.54. The van der Waals surface area contributed by atoms with Gasteiger partial charge in [-0.15, -0.1) is 0 Å². The Morgan fingerprint density at radius 3 is 2.95 bits per heavy atom. The first-order valence-corrected chi connectivity index (χ1v) is 5.70. The highest BCUT2D eigenvalue weighted by Gasteiger charge is 2.15. The van der Waals surface area contributed by atoms with Crippen LogP contribution in [-0.4, -0.2) is 20.6 Å². The fourth-order valence-corrected chi connectivity index (χ4v) is 1.55. The summed E-state index contributed by atoms with van der Waals surface area (Å²) >= 11 is 5.67. The quantitative estimate of drug-likeness (QED) is 0.489. The van der Waals surface area contributed by atoms with Gasteiger partial charge in [-0.2, -0.15) is 4.89 Å². The van der Waals surface area contributed by atoms with Crippen molar-refractivity contribution in [2.24, 2.45) is 0 Å². The summed E-state index contributed by atoms with van der Waals surface area (Å²) in [6.45, 7) is -0.270. The van der Waals surface area contributed by atoms with Gasteiger partial charge in [-0.05, 0) is 12.1 Å². The molecule has 20 heavy (non-hydrogen) atoms. The lowest BCUT2D eigenvalue weighted by molar-refractivity contribution is -0.386. The van der Waals surface area contributed by atoms with Crippen LogP contribution in [0, 0.1) is 10.1 Å². The Morgan fingerprint density at radius 1 is 1.50 bits per heavy atom. The summed E-state index contributed by atoms with van der Waals surface area (Å²) in [5.74, 6) is 0. The molecule has 0 bridgehead atoms. The summed E-state index contributed by atoms with van der Waals surface area (Å²) in [7, 11) is 0. The van der Waals surface area contributed by atoms with Gasteiger partial charge in [-0.25, -0.2) is 14.3 Å². The van der Waals surface area contributed by atoms with Crippen molar-refractivity contribution in [1.82, 2.24) is 9.55 Å². The van der Waals surface area contributed by atoms with Gasteiger partial charge in [0.05, 0.1) is 10.5 Å². The Balaban J connectivity index is 1.98. The molecule has 0 fully saturated rings. The minimum atomic E-state index is -0.806. The number of aromatic nitrogens is 2. The molecule has 0 spiro atoms. The van der Waals surface area contributed by atoms with Crippen molar-refractivity contribution in [3.63, 3.8) is 0 Å². The molecule has 0 amide bonds. The van der Waals surface area contributed by atoms with E-state index in [0.29, 0.717) is 0 Å². The number of imidazole rings is 1. The summed E-state index contributed by atoms with van der Waals surface area (Å²) in [4.78, 5) is 34.5. The Bertz CT molecular complexity index is 629. The molecule has 104 valence electrons. The lowest BCUT2D eigenvalue weighted by Gasteiger charge is -2.04. The normalized spacial score (nSPS) is 10.2. The van der Waals surface area contributed by atoms with Gasteiger partial charge in [0.25, 0.3) is 5.69 Å². The number of hydrogen-bond donors (Lipinski definition) is 0. The SMILES string of the molecule is O=C(OOCc1ccc(Cl)cc1[N+](=O)[O-])n1ccnc1. The standard InChI is InChI=1S/C11H8ClN3O5/c12-9-2-1-8(10(5-9)15(17)18)6-19-20-11(16)14-4-3-13-7-14/h1-5,7H,6H2. The zero-order chi connectivity index (χ0) is 14.5. The predicted molar refractivity (Wildman–Crippen MR) is 67.0 cm³/mol. The molecular weight excluding hydrogens is 290 g/mol. The van der Waals surface area contributed by atoms with Crippen LogP contribution in [0.25, 0.3) is 0 Å². The zero-order valence-electron chi connectivity index (χ0n) is 9.93. The summed E-state index contributed by atoms with van der Waals surface area (Å²) in [5, 5.41) is 11.1. The maximum absolute atomic E-state index is 11.4. The molecule has 0 saturated heterocycles. The molecule has 0 atom stereocenters. The minimum absolute atomic E-state index is 0.212. The molecule has 0 aliphatic heterocycles. The number of nitrogens with zero attached hydrogens (tertiary/aromatic N) is 3.